The van der Waals surface area contributed by atoms with E-state index in [0.717, 1.165) is 36.7 Å². The van der Waals surface area contributed by atoms with Crippen LogP contribution in [-0.4, -0.2) is 40.5 Å². The maximum atomic E-state index is 11.8. The molecule has 0 bridgehead atoms. The summed E-state index contributed by atoms with van der Waals surface area (Å²) >= 11 is 0. The molecule has 28 heavy (non-hydrogen) atoms. The summed E-state index contributed by atoms with van der Waals surface area (Å²) < 4.78 is 5.91. The molecule has 0 unspecified atom stereocenters. The standard InChI is InChI=1S/C22H24N2O4/c25-20-14-19(21(26)27)22(23-20)9-11-24(12-10-22)15-16-5-4-8-18(13-16)28-17-6-2-1-3-7-17/h1-8,13,19H,9-12,14-15H2,(H,23,25)(H,26,27)/t19-/m0/s1. The monoisotopic (exact) mass is 380 g/mol. The van der Waals surface area contributed by atoms with Crippen LogP contribution in [0, 0.1) is 5.92 Å². The van der Waals surface area contributed by atoms with Crippen LogP contribution in [0.25, 0.3) is 0 Å². The number of nitrogens with zero attached hydrogens (tertiary/aromatic N) is 1. The summed E-state index contributed by atoms with van der Waals surface area (Å²) in [6, 6.07) is 17.7. The molecule has 0 saturated carbocycles. The number of amides is 1. The SMILES string of the molecule is O=C1C[C@@H](C(=O)O)C2(CCN(Cc3cccc(Oc4ccccc4)c3)CC2)N1. The van der Waals surface area contributed by atoms with Crippen LogP contribution >= 0.6 is 0 Å². The number of benzene rings is 2. The summed E-state index contributed by atoms with van der Waals surface area (Å²) in [7, 11) is 0. The van der Waals surface area contributed by atoms with E-state index in [1.165, 1.54) is 0 Å². The molecular formula is C22H24N2O4. The predicted molar refractivity (Wildman–Crippen MR) is 104 cm³/mol. The van der Waals surface area contributed by atoms with Gasteiger partial charge in [0.1, 0.15) is 11.5 Å². The number of aliphatic carboxylic acids is 1. The highest BCUT2D eigenvalue weighted by atomic mass is 16.5. The quantitative estimate of drug-likeness (QED) is 0.834. The van der Waals surface area contributed by atoms with Crippen molar-refractivity contribution in [3.05, 3.63) is 60.2 Å². The fourth-order valence-corrected chi connectivity index (χ4v) is 4.29. The first-order chi connectivity index (χ1) is 13.5. The first kappa shape index (κ1) is 18.5. The molecule has 2 N–H and O–H groups in total. The summed E-state index contributed by atoms with van der Waals surface area (Å²) in [4.78, 5) is 25.7. The molecule has 2 aromatic rings. The fraction of sp³-hybridized carbons (Fsp3) is 0.364. The van der Waals surface area contributed by atoms with Gasteiger partial charge < -0.3 is 15.2 Å². The molecule has 146 valence electrons. The normalized spacial score (nSPS) is 21.4. The summed E-state index contributed by atoms with van der Waals surface area (Å²) in [5.74, 6) is -0.0450. The number of ether oxygens (including phenoxy) is 1. The number of carbonyl (C=O) groups is 2. The van der Waals surface area contributed by atoms with Crippen LogP contribution in [-0.2, 0) is 16.1 Å². The van der Waals surface area contributed by atoms with E-state index in [1.807, 2.05) is 48.5 Å². The first-order valence-corrected chi connectivity index (χ1v) is 9.62. The largest absolute Gasteiger partial charge is 0.481 e. The Morgan fingerprint density at radius 1 is 1.11 bits per heavy atom. The van der Waals surface area contributed by atoms with Crippen molar-refractivity contribution < 1.29 is 19.4 Å². The molecule has 6 heteroatoms. The smallest absolute Gasteiger partial charge is 0.309 e. The number of piperidine rings is 1. The lowest BCUT2D eigenvalue weighted by atomic mass is 9.77. The van der Waals surface area contributed by atoms with E-state index in [4.69, 9.17) is 4.74 Å². The lowest BCUT2D eigenvalue weighted by Crippen LogP contribution is -2.55. The van der Waals surface area contributed by atoms with Crippen molar-refractivity contribution in [3.8, 4) is 11.5 Å². The van der Waals surface area contributed by atoms with Gasteiger partial charge in [-0.25, -0.2) is 0 Å². The lowest BCUT2D eigenvalue weighted by Gasteiger charge is -2.41. The van der Waals surface area contributed by atoms with E-state index in [0.29, 0.717) is 12.8 Å². The Bertz CT molecular complexity index is 860. The number of carboxylic acid groups (broad SMARTS) is 1. The van der Waals surface area contributed by atoms with Gasteiger partial charge in [0.25, 0.3) is 0 Å². The molecule has 2 heterocycles. The van der Waals surface area contributed by atoms with Crippen LogP contribution in [0.4, 0.5) is 0 Å². The molecule has 6 nitrogen and oxygen atoms in total. The minimum Gasteiger partial charge on any atom is -0.481 e. The Labute approximate surface area is 164 Å². The van der Waals surface area contributed by atoms with Crippen molar-refractivity contribution in [1.82, 2.24) is 10.2 Å². The van der Waals surface area contributed by atoms with Crippen LogP contribution in [0.2, 0.25) is 0 Å². The van der Waals surface area contributed by atoms with Crippen LogP contribution in [0.1, 0.15) is 24.8 Å². The topological polar surface area (TPSA) is 78.9 Å². The summed E-state index contributed by atoms with van der Waals surface area (Å²) in [6.45, 7) is 2.29. The summed E-state index contributed by atoms with van der Waals surface area (Å²) in [6.07, 6.45) is 1.42. The number of carboxylic acids is 1. The molecular weight excluding hydrogens is 356 g/mol. The van der Waals surface area contributed by atoms with Crippen LogP contribution in [0.3, 0.4) is 0 Å². The zero-order valence-electron chi connectivity index (χ0n) is 15.6. The first-order valence-electron chi connectivity index (χ1n) is 9.62. The number of likely N-dealkylation sites (tertiary alicyclic amines) is 1. The third-order valence-corrected chi connectivity index (χ3v) is 5.77. The second-order valence-electron chi connectivity index (χ2n) is 7.64. The molecule has 1 atom stereocenters. The molecule has 2 saturated heterocycles. The van der Waals surface area contributed by atoms with Crippen molar-refractivity contribution >= 4 is 11.9 Å². The van der Waals surface area contributed by atoms with Gasteiger partial charge in [0.2, 0.25) is 5.91 Å². The highest BCUT2D eigenvalue weighted by molar-refractivity contribution is 5.88. The van der Waals surface area contributed by atoms with Gasteiger partial charge in [0, 0.05) is 26.1 Å². The van der Waals surface area contributed by atoms with Crippen molar-refractivity contribution in [2.75, 3.05) is 13.1 Å². The average Bonchev–Trinajstić information content (AvgIpc) is 3.01. The minimum absolute atomic E-state index is 0.0915. The van der Waals surface area contributed by atoms with Gasteiger partial charge in [-0.15, -0.1) is 0 Å². The van der Waals surface area contributed by atoms with Gasteiger partial charge in [-0.2, -0.15) is 0 Å². The summed E-state index contributed by atoms with van der Waals surface area (Å²) in [5, 5.41) is 12.4. The van der Waals surface area contributed by atoms with Crippen LogP contribution < -0.4 is 10.1 Å². The number of hydrogen-bond donors (Lipinski definition) is 2. The molecule has 2 aliphatic heterocycles. The number of rotatable bonds is 5. The van der Waals surface area contributed by atoms with Gasteiger partial charge in [-0.3, -0.25) is 14.5 Å². The molecule has 1 amide bonds. The number of para-hydroxylation sites is 1. The molecule has 4 rings (SSSR count). The zero-order chi connectivity index (χ0) is 19.6. The minimum atomic E-state index is -0.877. The van der Waals surface area contributed by atoms with Gasteiger partial charge in [0.15, 0.2) is 0 Å². The zero-order valence-corrected chi connectivity index (χ0v) is 15.6. The van der Waals surface area contributed by atoms with E-state index in [9.17, 15) is 14.7 Å². The molecule has 2 aliphatic rings. The van der Waals surface area contributed by atoms with E-state index in [-0.39, 0.29) is 12.3 Å². The van der Waals surface area contributed by atoms with Crippen LogP contribution in [0.15, 0.2) is 54.6 Å². The lowest BCUT2D eigenvalue weighted by molar-refractivity contribution is -0.144. The molecule has 2 aromatic carbocycles. The Kier molecular flexibility index (Phi) is 5.05. The van der Waals surface area contributed by atoms with Gasteiger partial charge >= 0.3 is 5.97 Å². The van der Waals surface area contributed by atoms with Crippen molar-refractivity contribution in [2.45, 2.75) is 31.3 Å². The van der Waals surface area contributed by atoms with Crippen LogP contribution in [0.5, 0.6) is 11.5 Å². The third kappa shape index (κ3) is 3.87. The Hall–Kier alpha value is -2.86. The van der Waals surface area contributed by atoms with E-state index < -0.39 is 17.4 Å². The second-order valence-corrected chi connectivity index (χ2v) is 7.64. The van der Waals surface area contributed by atoms with Crippen molar-refractivity contribution in [1.29, 1.82) is 0 Å². The Morgan fingerprint density at radius 2 is 1.82 bits per heavy atom. The Balaban J connectivity index is 1.38. The molecule has 1 spiro atoms. The van der Waals surface area contributed by atoms with Gasteiger partial charge in [-0.1, -0.05) is 30.3 Å². The van der Waals surface area contributed by atoms with Gasteiger partial charge in [-0.05, 0) is 42.7 Å². The highest BCUT2D eigenvalue weighted by Gasteiger charge is 2.51. The molecule has 0 radical (unpaired) electrons. The van der Waals surface area contributed by atoms with Gasteiger partial charge in [0.05, 0.1) is 11.5 Å². The predicted octanol–water partition coefficient (Wildman–Crippen LogP) is 3.03. The average molecular weight is 380 g/mol. The number of nitrogens with one attached hydrogen (secondary N) is 1. The molecule has 2 fully saturated rings. The summed E-state index contributed by atoms with van der Waals surface area (Å²) in [5.41, 5.74) is 0.562. The van der Waals surface area contributed by atoms with Crippen molar-refractivity contribution in [3.63, 3.8) is 0 Å². The molecule has 0 aromatic heterocycles. The van der Waals surface area contributed by atoms with Crippen molar-refractivity contribution in [2.24, 2.45) is 5.92 Å². The van der Waals surface area contributed by atoms with E-state index in [1.54, 1.807) is 0 Å². The second kappa shape index (κ2) is 7.64. The number of carbonyl (C=O) groups excluding carboxylic acids is 1. The fourth-order valence-electron chi connectivity index (χ4n) is 4.29. The van der Waals surface area contributed by atoms with E-state index in [2.05, 4.69) is 16.3 Å². The number of hydrogen-bond acceptors (Lipinski definition) is 4. The molecule has 0 aliphatic carbocycles. The third-order valence-electron chi connectivity index (χ3n) is 5.77. The maximum Gasteiger partial charge on any atom is 0.309 e. The maximum absolute atomic E-state index is 11.8. The highest BCUT2D eigenvalue weighted by Crippen LogP contribution is 2.37. The van der Waals surface area contributed by atoms with E-state index >= 15 is 0 Å². The Morgan fingerprint density at radius 3 is 2.54 bits per heavy atom.